The molecule has 1 aromatic carbocycles. The van der Waals surface area contributed by atoms with Gasteiger partial charge >= 0.3 is 0 Å². The molecule has 0 fully saturated rings. The Balaban J connectivity index is 3.10. The van der Waals surface area contributed by atoms with Crippen LogP contribution in [0.4, 0.5) is 10.1 Å². The first-order chi connectivity index (χ1) is 8.24. The fraction of sp³-hybridized carbons (Fsp3) is 0.400. The molecule has 1 rings (SSSR count). The number of hydrogen-bond acceptors (Lipinski definition) is 5. The number of sulfonamides is 1. The molecule has 0 amide bonds. The fourth-order valence-corrected chi connectivity index (χ4v) is 2.61. The van der Waals surface area contributed by atoms with Gasteiger partial charge in [0, 0.05) is 0 Å². The van der Waals surface area contributed by atoms with Crippen LogP contribution in [0.1, 0.15) is 6.92 Å². The third-order valence-electron chi connectivity index (χ3n) is 2.36. The predicted octanol–water partition coefficient (Wildman–Crippen LogP) is -0.570. The first kappa shape index (κ1) is 14.8. The number of rotatable bonds is 5. The normalized spacial score (nSPS) is 12.7. The van der Waals surface area contributed by atoms with E-state index in [9.17, 15) is 12.8 Å². The molecule has 0 heterocycles. The number of hydrogen-bond donors (Lipinski definition) is 4. The van der Waals surface area contributed by atoms with E-state index in [1.807, 2.05) is 0 Å². The van der Waals surface area contributed by atoms with Crippen molar-refractivity contribution >= 4 is 15.7 Å². The second-order valence-corrected chi connectivity index (χ2v) is 5.85. The highest BCUT2D eigenvalue weighted by molar-refractivity contribution is 7.89. The van der Waals surface area contributed by atoms with Gasteiger partial charge in [-0.15, -0.1) is 0 Å². The van der Waals surface area contributed by atoms with Gasteiger partial charge in [0.15, 0.2) is 0 Å². The molecule has 6 nitrogen and oxygen atoms in total. The Bertz CT molecular complexity index is 529. The van der Waals surface area contributed by atoms with E-state index in [1.54, 1.807) is 0 Å². The maximum absolute atomic E-state index is 12.9. The van der Waals surface area contributed by atoms with Gasteiger partial charge in [-0.25, -0.2) is 17.5 Å². The largest absolute Gasteiger partial charge is 0.396 e. The number of nitrogen functional groups attached to an aromatic ring is 1. The van der Waals surface area contributed by atoms with Crippen LogP contribution in [-0.2, 0) is 10.0 Å². The second-order valence-electron chi connectivity index (χ2n) is 4.17. The molecule has 0 unspecified atom stereocenters. The number of aliphatic hydroxyl groups excluding tert-OH is 2. The summed E-state index contributed by atoms with van der Waals surface area (Å²) in [5.74, 6) is -0.721. The molecule has 1 aromatic rings. The lowest BCUT2D eigenvalue weighted by Crippen LogP contribution is -2.51. The zero-order valence-electron chi connectivity index (χ0n) is 9.72. The van der Waals surface area contributed by atoms with Gasteiger partial charge in [0.05, 0.1) is 29.3 Å². The molecule has 0 atom stereocenters. The predicted molar refractivity (Wildman–Crippen MR) is 63.7 cm³/mol. The van der Waals surface area contributed by atoms with Crippen LogP contribution in [0.2, 0.25) is 0 Å². The molecule has 0 aliphatic heterocycles. The van der Waals surface area contributed by atoms with E-state index in [0.29, 0.717) is 0 Å². The highest BCUT2D eigenvalue weighted by atomic mass is 32.2. The summed E-state index contributed by atoms with van der Waals surface area (Å²) in [5, 5.41) is 18.0. The van der Waals surface area contributed by atoms with E-state index >= 15 is 0 Å². The van der Waals surface area contributed by atoms with Crippen LogP contribution in [0, 0.1) is 5.82 Å². The molecular weight excluding hydrogens is 263 g/mol. The minimum atomic E-state index is -4.00. The quantitative estimate of drug-likeness (QED) is 0.539. The fourth-order valence-electron chi connectivity index (χ4n) is 1.19. The second kappa shape index (κ2) is 5.19. The first-order valence-corrected chi connectivity index (χ1v) is 6.53. The number of halogens is 1. The summed E-state index contributed by atoms with van der Waals surface area (Å²) in [6.45, 7) is 0.163. The zero-order chi connectivity index (χ0) is 14.0. The summed E-state index contributed by atoms with van der Waals surface area (Å²) in [6, 6.07) is 2.94. The van der Waals surface area contributed by atoms with E-state index in [4.69, 9.17) is 15.9 Å². The van der Waals surface area contributed by atoms with Crippen LogP contribution < -0.4 is 10.5 Å². The van der Waals surface area contributed by atoms with Gasteiger partial charge in [-0.05, 0) is 25.1 Å². The molecule has 0 aliphatic carbocycles. The van der Waals surface area contributed by atoms with E-state index < -0.39 is 34.6 Å². The third kappa shape index (κ3) is 3.16. The number of nitrogens with two attached hydrogens (primary N) is 1. The van der Waals surface area contributed by atoms with E-state index in [1.165, 1.54) is 6.92 Å². The topological polar surface area (TPSA) is 113 Å². The molecule has 8 heteroatoms. The highest BCUT2D eigenvalue weighted by Crippen LogP contribution is 2.18. The maximum atomic E-state index is 12.9. The Morgan fingerprint density at radius 1 is 1.39 bits per heavy atom. The van der Waals surface area contributed by atoms with Crippen molar-refractivity contribution in [2.24, 2.45) is 0 Å². The third-order valence-corrected chi connectivity index (χ3v) is 3.99. The Morgan fingerprint density at radius 2 is 1.94 bits per heavy atom. The summed E-state index contributed by atoms with van der Waals surface area (Å²) >= 11 is 0. The van der Waals surface area contributed by atoms with Crippen molar-refractivity contribution in [3.8, 4) is 0 Å². The lowest BCUT2D eigenvalue weighted by atomic mass is 10.1. The molecule has 5 N–H and O–H groups in total. The Labute approximate surface area is 104 Å². The molecule has 0 spiro atoms. The minimum absolute atomic E-state index is 0.241. The van der Waals surface area contributed by atoms with Crippen LogP contribution in [0.15, 0.2) is 23.1 Å². The molecule has 0 aliphatic rings. The molecule has 0 aromatic heterocycles. The Kier molecular flexibility index (Phi) is 4.28. The highest BCUT2D eigenvalue weighted by Gasteiger charge is 2.29. The molecule has 0 bridgehead atoms. The van der Waals surface area contributed by atoms with Crippen molar-refractivity contribution in [2.45, 2.75) is 17.4 Å². The molecule has 0 radical (unpaired) electrons. The van der Waals surface area contributed by atoms with Crippen LogP contribution in [0.25, 0.3) is 0 Å². The van der Waals surface area contributed by atoms with Gasteiger partial charge in [-0.3, -0.25) is 0 Å². The van der Waals surface area contributed by atoms with Crippen LogP contribution in [0.5, 0.6) is 0 Å². The Hall–Kier alpha value is -1.22. The van der Waals surface area contributed by atoms with Crippen molar-refractivity contribution in [3.05, 3.63) is 24.0 Å². The SMILES string of the molecule is CC(CO)(CO)NS(=O)(=O)c1ccc(F)c(N)c1. The molecule has 18 heavy (non-hydrogen) atoms. The average Bonchev–Trinajstić information content (AvgIpc) is 2.32. The number of nitrogens with one attached hydrogen (secondary N) is 1. The van der Waals surface area contributed by atoms with Crippen molar-refractivity contribution in [1.29, 1.82) is 0 Å². The standard InChI is InChI=1S/C10H15FN2O4S/c1-10(5-14,6-15)13-18(16,17)7-2-3-8(11)9(12)4-7/h2-4,13-15H,5-6,12H2,1H3. The first-order valence-electron chi connectivity index (χ1n) is 5.05. The average molecular weight is 278 g/mol. The monoisotopic (exact) mass is 278 g/mol. The van der Waals surface area contributed by atoms with Gasteiger partial charge in [0.25, 0.3) is 0 Å². The summed E-state index contributed by atoms with van der Waals surface area (Å²) in [7, 11) is -4.00. The van der Waals surface area contributed by atoms with E-state index in [-0.39, 0.29) is 10.6 Å². The van der Waals surface area contributed by atoms with Crippen LogP contribution in [0.3, 0.4) is 0 Å². The van der Waals surface area contributed by atoms with Crippen molar-refractivity contribution in [2.75, 3.05) is 18.9 Å². The number of benzene rings is 1. The lowest BCUT2D eigenvalue weighted by Gasteiger charge is -2.25. The minimum Gasteiger partial charge on any atom is -0.396 e. The van der Waals surface area contributed by atoms with Gasteiger partial charge in [-0.1, -0.05) is 0 Å². The summed E-state index contributed by atoms with van der Waals surface area (Å²) < 4.78 is 38.9. The molecule has 0 saturated heterocycles. The van der Waals surface area contributed by atoms with Crippen LogP contribution >= 0.6 is 0 Å². The number of anilines is 1. The summed E-state index contributed by atoms with van der Waals surface area (Å²) in [4.78, 5) is -0.241. The summed E-state index contributed by atoms with van der Waals surface area (Å²) in [5.41, 5.74) is 3.58. The van der Waals surface area contributed by atoms with Crippen molar-refractivity contribution in [1.82, 2.24) is 4.72 Å². The zero-order valence-corrected chi connectivity index (χ0v) is 10.5. The molecule has 102 valence electrons. The molecular formula is C10H15FN2O4S. The summed E-state index contributed by atoms with van der Waals surface area (Å²) in [6.07, 6.45) is 0. The number of aliphatic hydroxyl groups is 2. The smallest absolute Gasteiger partial charge is 0.241 e. The van der Waals surface area contributed by atoms with Crippen molar-refractivity contribution in [3.63, 3.8) is 0 Å². The maximum Gasteiger partial charge on any atom is 0.241 e. The van der Waals surface area contributed by atoms with E-state index in [0.717, 1.165) is 18.2 Å². The lowest BCUT2D eigenvalue weighted by molar-refractivity contribution is 0.122. The Morgan fingerprint density at radius 3 is 2.39 bits per heavy atom. The van der Waals surface area contributed by atoms with Crippen molar-refractivity contribution < 1.29 is 23.0 Å². The van der Waals surface area contributed by atoms with Gasteiger partial charge in [0.1, 0.15) is 5.82 Å². The van der Waals surface area contributed by atoms with Crippen LogP contribution in [-0.4, -0.2) is 37.4 Å². The van der Waals surface area contributed by atoms with E-state index in [2.05, 4.69) is 4.72 Å². The van der Waals surface area contributed by atoms with Gasteiger partial charge < -0.3 is 15.9 Å². The van der Waals surface area contributed by atoms with Gasteiger partial charge in [0.2, 0.25) is 10.0 Å². The van der Waals surface area contributed by atoms with Gasteiger partial charge in [-0.2, -0.15) is 0 Å². The molecule has 0 saturated carbocycles.